The Morgan fingerprint density at radius 3 is 2.66 bits per heavy atom. The first-order valence-corrected chi connectivity index (χ1v) is 9.74. The van der Waals surface area contributed by atoms with Gasteiger partial charge < -0.3 is 9.64 Å². The number of benzene rings is 1. The van der Waals surface area contributed by atoms with E-state index < -0.39 is 0 Å². The Morgan fingerprint density at radius 2 is 1.97 bits per heavy atom. The minimum absolute atomic E-state index is 0.0436. The summed E-state index contributed by atoms with van der Waals surface area (Å²) in [6.07, 6.45) is 2.77. The van der Waals surface area contributed by atoms with Gasteiger partial charge in [0.15, 0.2) is 0 Å². The van der Waals surface area contributed by atoms with E-state index in [9.17, 15) is 9.18 Å². The molecule has 0 aliphatic carbocycles. The summed E-state index contributed by atoms with van der Waals surface area (Å²) >= 11 is 0. The molecule has 1 saturated heterocycles. The van der Waals surface area contributed by atoms with Gasteiger partial charge in [-0.15, -0.1) is 0 Å². The molecule has 0 spiro atoms. The topological polar surface area (TPSA) is 72.6 Å². The summed E-state index contributed by atoms with van der Waals surface area (Å²) in [6, 6.07) is 7.94. The standard InChI is InChI=1S/C21H24FN5O2/c1-21(2,3)18-12-17(25-20-23-13-24-27(18)20)19(28)26-9-7-15(8-10-26)29-16-6-4-5-14(22)11-16/h4-6,11-13,15H,7-10H2,1-3H3. The van der Waals surface area contributed by atoms with Crippen molar-refractivity contribution in [3.05, 3.63) is 53.9 Å². The van der Waals surface area contributed by atoms with E-state index in [-0.39, 0.29) is 23.2 Å². The molecule has 1 aliphatic heterocycles. The Morgan fingerprint density at radius 1 is 1.21 bits per heavy atom. The molecule has 4 rings (SSSR count). The summed E-state index contributed by atoms with van der Waals surface area (Å²) in [5.74, 6) is 0.499. The third kappa shape index (κ3) is 4.06. The van der Waals surface area contributed by atoms with Gasteiger partial charge in [0.2, 0.25) is 0 Å². The number of fused-ring (bicyclic) bond motifs is 1. The van der Waals surface area contributed by atoms with Crippen LogP contribution in [0.3, 0.4) is 0 Å². The van der Waals surface area contributed by atoms with Crippen molar-refractivity contribution in [2.75, 3.05) is 13.1 Å². The van der Waals surface area contributed by atoms with Gasteiger partial charge in [0.05, 0.1) is 5.69 Å². The number of hydrogen-bond donors (Lipinski definition) is 0. The van der Waals surface area contributed by atoms with Crippen molar-refractivity contribution in [1.82, 2.24) is 24.5 Å². The number of hydrogen-bond acceptors (Lipinski definition) is 5. The highest BCUT2D eigenvalue weighted by Gasteiger charge is 2.28. The lowest BCUT2D eigenvalue weighted by Gasteiger charge is -2.32. The van der Waals surface area contributed by atoms with E-state index in [1.807, 2.05) is 0 Å². The fraction of sp³-hybridized carbons (Fsp3) is 0.429. The second-order valence-electron chi connectivity index (χ2n) is 8.32. The summed E-state index contributed by atoms with van der Waals surface area (Å²) < 4.78 is 20.9. The molecule has 1 aliphatic rings. The van der Waals surface area contributed by atoms with Crippen molar-refractivity contribution in [2.24, 2.45) is 0 Å². The zero-order chi connectivity index (χ0) is 20.6. The summed E-state index contributed by atoms with van der Waals surface area (Å²) in [4.78, 5) is 23.4. The highest BCUT2D eigenvalue weighted by molar-refractivity contribution is 5.93. The van der Waals surface area contributed by atoms with E-state index in [1.54, 1.807) is 27.6 Å². The van der Waals surface area contributed by atoms with Crippen molar-refractivity contribution < 1.29 is 13.9 Å². The predicted molar refractivity (Wildman–Crippen MR) is 105 cm³/mol. The minimum Gasteiger partial charge on any atom is -0.490 e. The maximum atomic E-state index is 13.3. The molecule has 0 N–H and O–H groups in total. The quantitative estimate of drug-likeness (QED) is 0.678. The Balaban J connectivity index is 1.47. The number of piperidine rings is 1. The van der Waals surface area contributed by atoms with Crippen LogP contribution in [0.25, 0.3) is 5.78 Å². The van der Waals surface area contributed by atoms with Crippen LogP contribution in [0.5, 0.6) is 5.75 Å². The average Bonchev–Trinajstić information content (AvgIpc) is 3.15. The van der Waals surface area contributed by atoms with Crippen molar-refractivity contribution in [3.63, 3.8) is 0 Å². The number of carbonyl (C=O) groups excluding carboxylic acids is 1. The number of rotatable bonds is 3. The van der Waals surface area contributed by atoms with E-state index in [1.165, 1.54) is 18.5 Å². The van der Waals surface area contributed by atoms with Gasteiger partial charge in [0, 0.05) is 37.4 Å². The Kier molecular flexibility index (Phi) is 4.94. The average molecular weight is 397 g/mol. The number of carbonyl (C=O) groups is 1. The van der Waals surface area contributed by atoms with Crippen LogP contribution in [0.15, 0.2) is 36.7 Å². The van der Waals surface area contributed by atoms with Crippen molar-refractivity contribution in [3.8, 4) is 5.75 Å². The molecule has 0 unspecified atom stereocenters. The summed E-state index contributed by atoms with van der Waals surface area (Å²) in [5, 5.41) is 4.23. The van der Waals surface area contributed by atoms with Crippen LogP contribution >= 0.6 is 0 Å². The van der Waals surface area contributed by atoms with E-state index in [2.05, 4.69) is 35.8 Å². The van der Waals surface area contributed by atoms with E-state index in [0.717, 1.165) is 5.69 Å². The molecule has 1 aromatic carbocycles. The van der Waals surface area contributed by atoms with Crippen LogP contribution in [-0.4, -0.2) is 49.6 Å². The molecule has 0 radical (unpaired) electrons. The van der Waals surface area contributed by atoms with Crippen molar-refractivity contribution >= 4 is 11.7 Å². The highest BCUT2D eigenvalue weighted by Crippen LogP contribution is 2.24. The van der Waals surface area contributed by atoms with Crippen LogP contribution in [0, 0.1) is 5.82 Å². The molecule has 29 heavy (non-hydrogen) atoms. The zero-order valence-corrected chi connectivity index (χ0v) is 16.8. The maximum absolute atomic E-state index is 13.3. The van der Waals surface area contributed by atoms with Gasteiger partial charge in [-0.25, -0.2) is 13.9 Å². The summed E-state index contributed by atoms with van der Waals surface area (Å²) in [7, 11) is 0. The van der Waals surface area contributed by atoms with Crippen LogP contribution in [-0.2, 0) is 5.41 Å². The predicted octanol–water partition coefficient (Wildman–Crippen LogP) is 3.24. The summed E-state index contributed by atoms with van der Waals surface area (Å²) in [5.41, 5.74) is 1.04. The number of nitrogens with zero attached hydrogens (tertiary/aromatic N) is 5. The van der Waals surface area contributed by atoms with Crippen molar-refractivity contribution in [2.45, 2.75) is 45.1 Å². The normalized spacial score (nSPS) is 15.7. The molecule has 0 bridgehead atoms. The molecule has 3 heterocycles. The van der Waals surface area contributed by atoms with Crippen LogP contribution in [0.2, 0.25) is 0 Å². The first-order valence-electron chi connectivity index (χ1n) is 9.74. The molecular weight excluding hydrogens is 373 g/mol. The number of halogens is 1. The van der Waals surface area contributed by atoms with E-state index in [0.29, 0.717) is 43.2 Å². The number of aromatic nitrogens is 4. The lowest BCUT2D eigenvalue weighted by Crippen LogP contribution is -2.42. The third-order valence-electron chi connectivity index (χ3n) is 5.07. The Bertz CT molecular complexity index is 1030. The highest BCUT2D eigenvalue weighted by atomic mass is 19.1. The lowest BCUT2D eigenvalue weighted by atomic mass is 9.91. The fourth-order valence-corrected chi connectivity index (χ4v) is 3.53. The molecule has 7 nitrogen and oxygen atoms in total. The van der Waals surface area contributed by atoms with Crippen LogP contribution in [0.4, 0.5) is 4.39 Å². The Hall–Kier alpha value is -3.03. The van der Waals surface area contributed by atoms with Crippen molar-refractivity contribution in [1.29, 1.82) is 0 Å². The molecular formula is C21H24FN5O2. The number of ether oxygens (including phenoxy) is 1. The number of amides is 1. The minimum atomic E-state index is -0.320. The second kappa shape index (κ2) is 7.42. The van der Waals surface area contributed by atoms with Crippen LogP contribution in [0.1, 0.15) is 49.8 Å². The molecule has 0 atom stereocenters. The van der Waals surface area contributed by atoms with Gasteiger partial charge in [-0.3, -0.25) is 4.79 Å². The van der Waals surface area contributed by atoms with E-state index in [4.69, 9.17) is 4.74 Å². The smallest absolute Gasteiger partial charge is 0.272 e. The molecule has 152 valence electrons. The SMILES string of the molecule is CC(C)(C)c1cc(C(=O)N2CCC(Oc3cccc(F)c3)CC2)nc2ncnn12. The second-order valence-corrected chi connectivity index (χ2v) is 8.32. The monoisotopic (exact) mass is 397 g/mol. The van der Waals surface area contributed by atoms with E-state index >= 15 is 0 Å². The van der Waals surface area contributed by atoms with Gasteiger partial charge in [-0.2, -0.15) is 10.1 Å². The fourth-order valence-electron chi connectivity index (χ4n) is 3.53. The maximum Gasteiger partial charge on any atom is 0.272 e. The first kappa shape index (κ1) is 19.3. The van der Waals surface area contributed by atoms with Gasteiger partial charge in [-0.1, -0.05) is 26.8 Å². The van der Waals surface area contributed by atoms with Gasteiger partial charge in [-0.05, 0) is 18.2 Å². The summed E-state index contributed by atoms with van der Waals surface area (Å²) in [6.45, 7) is 7.30. The molecule has 2 aromatic heterocycles. The molecule has 1 amide bonds. The van der Waals surface area contributed by atoms with Gasteiger partial charge in [0.25, 0.3) is 11.7 Å². The zero-order valence-electron chi connectivity index (χ0n) is 16.8. The Labute approximate surface area is 168 Å². The molecule has 8 heteroatoms. The molecule has 1 fully saturated rings. The molecule has 3 aromatic rings. The largest absolute Gasteiger partial charge is 0.490 e. The molecule has 0 saturated carbocycles. The first-order chi connectivity index (χ1) is 13.8. The number of likely N-dealkylation sites (tertiary alicyclic amines) is 1. The van der Waals surface area contributed by atoms with Gasteiger partial charge >= 0.3 is 0 Å². The van der Waals surface area contributed by atoms with Crippen LogP contribution < -0.4 is 4.74 Å². The lowest BCUT2D eigenvalue weighted by molar-refractivity contribution is 0.0589. The third-order valence-corrected chi connectivity index (χ3v) is 5.07. The van der Waals surface area contributed by atoms with Gasteiger partial charge in [0.1, 0.15) is 29.7 Å².